The maximum absolute atomic E-state index is 12.7. The molecular weight excluding hydrogens is 1430 g/mol. The molecule has 4 aliphatic rings. The molecule has 4 aliphatic heterocycles. The Morgan fingerprint density at radius 2 is 0.487 bits per heavy atom. The van der Waals surface area contributed by atoms with Gasteiger partial charge in [0, 0.05) is 12.8 Å². The molecule has 0 bridgehead atoms. The van der Waals surface area contributed by atoms with Crippen molar-refractivity contribution in [3.8, 4) is 0 Å². The molecule has 4 heterocycles. The Balaban J connectivity index is 0.843. The van der Waals surface area contributed by atoms with E-state index < -0.39 is 111 Å². The van der Waals surface area contributed by atoms with Crippen LogP contribution in [0.2, 0.25) is 0 Å². The molecule has 113 heavy (non-hydrogen) atoms. The third-order valence-electron chi connectivity index (χ3n) is 20.4. The molecule has 592 valence electrons. The lowest BCUT2D eigenvalue weighted by molar-refractivity contribution is -0.384. The van der Waals surface area contributed by atoms with Crippen LogP contribution in [0.25, 0.3) is 0 Å². The molecule has 0 aliphatic carbocycles. The molecule has 0 saturated carbocycles. The fourth-order valence-electron chi connectivity index (χ4n) is 14.6. The molecule has 2 unspecified atom stereocenters. The lowest BCUT2D eigenvalue weighted by Crippen LogP contribution is -2.66. The summed E-state index contributed by atoms with van der Waals surface area (Å²) >= 11 is 0. The van der Waals surface area contributed by atoms with E-state index in [0.717, 1.165) is 55.6 Å². The Kier molecular flexibility index (Phi) is 31.0. The molecule has 0 aromatic heterocycles. The molecule has 0 spiro atoms. The van der Waals surface area contributed by atoms with Gasteiger partial charge in [0.25, 0.3) is 0 Å². The van der Waals surface area contributed by atoms with Crippen LogP contribution in [0.15, 0.2) is 303 Å². The summed E-state index contributed by atoms with van der Waals surface area (Å²) in [4.78, 5) is 0. The van der Waals surface area contributed by atoms with E-state index in [0.29, 0.717) is 0 Å². The van der Waals surface area contributed by atoms with Crippen molar-refractivity contribution in [1.29, 1.82) is 0 Å². The van der Waals surface area contributed by atoms with Gasteiger partial charge < -0.3 is 90.7 Å². The van der Waals surface area contributed by atoms with Crippen molar-refractivity contribution in [2.45, 2.75) is 190 Å². The number of aliphatic hydroxyl groups excluding tert-OH is 2. The van der Waals surface area contributed by atoms with Crippen molar-refractivity contribution in [3.63, 3.8) is 0 Å². The van der Waals surface area contributed by atoms with E-state index in [4.69, 9.17) is 80.5 Å². The van der Waals surface area contributed by atoms with Gasteiger partial charge in [-0.3, -0.25) is 0 Å². The minimum absolute atomic E-state index is 0.0173. The Morgan fingerprint density at radius 3 is 0.832 bits per heavy atom. The summed E-state index contributed by atoms with van der Waals surface area (Å²) in [6, 6.07) is 98.8. The van der Waals surface area contributed by atoms with Crippen LogP contribution in [-0.4, -0.2) is 147 Å². The number of rotatable bonds is 40. The van der Waals surface area contributed by atoms with Crippen LogP contribution in [0.3, 0.4) is 0 Å². The van der Waals surface area contributed by atoms with E-state index >= 15 is 0 Å². The van der Waals surface area contributed by atoms with Crippen molar-refractivity contribution in [1.82, 2.24) is 0 Å². The molecule has 14 rings (SSSR count). The van der Waals surface area contributed by atoms with Crippen LogP contribution in [0.1, 0.15) is 68.5 Å². The zero-order valence-corrected chi connectivity index (χ0v) is 63.4. The highest BCUT2D eigenvalue weighted by Crippen LogP contribution is 2.40. The van der Waals surface area contributed by atoms with Crippen LogP contribution < -0.4 is 0 Å². The monoisotopic (exact) mass is 1530 g/mol. The lowest BCUT2D eigenvalue weighted by Gasteiger charge is -2.50. The SMILES string of the molecule is OC1C[C@@H](OCc2ccccc2)[C@H](O[C@H]2O[C@H](COCc3ccccc3)[C@@H](OC3C[C@@H](OCc4ccccc4)[C@H](O[C@H]4O[C@H](COCc5ccccc5)[C@@H](O)[C@H](OCc5ccccc5)[C@H]4OCc4ccccc4)[C@@H](COCc4ccccc4)O3)[C@H](OCc3ccccc3)[C@H]2OCc2ccccc2)[C@@H](COCc2ccccc2)O1. The van der Waals surface area contributed by atoms with Gasteiger partial charge in [-0.15, -0.1) is 0 Å². The zero-order valence-electron chi connectivity index (χ0n) is 63.4. The summed E-state index contributed by atoms with van der Waals surface area (Å²) in [5, 5.41) is 24.4. The largest absolute Gasteiger partial charge is 0.387 e. The van der Waals surface area contributed by atoms with Gasteiger partial charge in [0.2, 0.25) is 0 Å². The van der Waals surface area contributed by atoms with Gasteiger partial charge >= 0.3 is 0 Å². The van der Waals surface area contributed by atoms with E-state index in [9.17, 15) is 10.2 Å². The van der Waals surface area contributed by atoms with E-state index in [1.165, 1.54) is 0 Å². The molecule has 10 aromatic carbocycles. The van der Waals surface area contributed by atoms with Crippen LogP contribution >= 0.6 is 0 Å². The predicted molar refractivity (Wildman–Crippen MR) is 421 cm³/mol. The van der Waals surface area contributed by atoms with Crippen molar-refractivity contribution >= 4 is 0 Å². The smallest absolute Gasteiger partial charge is 0.187 e. The second-order valence-corrected chi connectivity index (χ2v) is 28.8. The first-order valence-electron chi connectivity index (χ1n) is 39.2. The summed E-state index contributed by atoms with van der Waals surface area (Å²) in [6.45, 7) is 1.71. The molecule has 19 heteroatoms. The van der Waals surface area contributed by atoms with Gasteiger partial charge in [-0.05, 0) is 55.6 Å². The number of ether oxygens (including phenoxy) is 17. The van der Waals surface area contributed by atoms with E-state index in [1.807, 2.05) is 303 Å². The zero-order chi connectivity index (χ0) is 76.9. The molecule has 4 saturated heterocycles. The molecular formula is C94H102O19. The van der Waals surface area contributed by atoms with E-state index in [-0.39, 0.29) is 105 Å². The predicted octanol–water partition coefficient (Wildman–Crippen LogP) is 14.6. The first kappa shape index (κ1) is 81.0. The van der Waals surface area contributed by atoms with Crippen molar-refractivity contribution in [2.75, 3.05) is 26.4 Å². The maximum atomic E-state index is 12.7. The number of hydrogen-bond donors (Lipinski definition) is 2. The number of aliphatic hydroxyl groups is 2. The van der Waals surface area contributed by atoms with Gasteiger partial charge in [0.1, 0.15) is 73.2 Å². The third kappa shape index (κ3) is 24.3. The molecule has 18 atom stereocenters. The Bertz CT molecular complexity index is 4230. The van der Waals surface area contributed by atoms with E-state index in [1.54, 1.807) is 0 Å². The van der Waals surface area contributed by atoms with Crippen molar-refractivity contribution in [3.05, 3.63) is 359 Å². The second-order valence-electron chi connectivity index (χ2n) is 28.8. The molecule has 10 aromatic rings. The molecule has 19 nitrogen and oxygen atoms in total. The minimum Gasteiger partial charge on any atom is -0.387 e. The van der Waals surface area contributed by atoms with Gasteiger partial charge in [-0.2, -0.15) is 0 Å². The van der Waals surface area contributed by atoms with Crippen LogP contribution in [0.4, 0.5) is 0 Å². The third-order valence-corrected chi connectivity index (χ3v) is 20.4. The quantitative estimate of drug-likeness (QED) is 0.0367. The van der Waals surface area contributed by atoms with E-state index in [2.05, 4.69) is 0 Å². The molecule has 2 N–H and O–H groups in total. The average Bonchev–Trinajstić information content (AvgIpc) is 0.760. The summed E-state index contributed by atoms with van der Waals surface area (Å²) in [7, 11) is 0. The number of benzene rings is 10. The minimum atomic E-state index is -1.26. The lowest BCUT2D eigenvalue weighted by atomic mass is 9.95. The van der Waals surface area contributed by atoms with Crippen LogP contribution in [0.5, 0.6) is 0 Å². The topological polar surface area (TPSA) is 197 Å². The van der Waals surface area contributed by atoms with Crippen molar-refractivity contribution in [2.24, 2.45) is 0 Å². The summed E-state index contributed by atoms with van der Waals surface area (Å²) in [5.41, 5.74) is 9.15. The van der Waals surface area contributed by atoms with Gasteiger partial charge in [0.05, 0.1) is 105 Å². The van der Waals surface area contributed by atoms with Crippen LogP contribution in [-0.2, 0) is 147 Å². The molecule has 0 radical (unpaired) electrons. The standard InChI is InChI=1S/C94H102O19/c95-83-51-77(101-57-71-39-19-5-20-40-71)86(80(107-83)64-98-54-68-33-13-2-14-34-68)112-94-92(106-62-76-49-29-10-30-50-76)90(104-60-74-45-25-8-26-46-74)88(82(110-94)66-100-56-70-37-17-4-18-38-70)111-84-52-78(102-58-72-41-21-6-22-42-72)87(81(108-84)65-99-55-69-35-15-3-16-36-69)113-93-91(105-61-75-47-27-9-28-48-75)89(103-59-73-43-23-7-24-44-73)85(96)79(109-93)63-97-53-67-31-11-1-12-32-67/h1-50,77-96H,51-66H2/t77-,78-,79-,80-,81-,82-,83?,84?,85-,86+,87+,88-,89+,90+,91-,92-,93-,94-/m1/s1. The first-order chi connectivity index (χ1) is 55.8. The fourth-order valence-corrected chi connectivity index (χ4v) is 14.6. The Labute approximate surface area is 662 Å². The van der Waals surface area contributed by atoms with Gasteiger partial charge in [-0.25, -0.2) is 0 Å². The van der Waals surface area contributed by atoms with Crippen LogP contribution in [0, 0.1) is 0 Å². The van der Waals surface area contributed by atoms with Gasteiger partial charge in [0.15, 0.2) is 25.2 Å². The van der Waals surface area contributed by atoms with Gasteiger partial charge in [-0.1, -0.05) is 303 Å². The maximum Gasteiger partial charge on any atom is 0.187 e. The Morgan fingerprint density at radius 1 is 0.230 bits per heavy atom. The molecule has 0 amide bonds. The highest BCUT2D eigenvalue weighted by Gasteiger charge is 2.56. The Hall–Kier alpha value is -8.56. The summed E-state index contributed by atoms with van der Waals surface area (Å²) in [6.07, 6.45) is -18.5. The highest BCUT2D eigenvalue weighted by atomic mass is 16.8. The number of hydrogen-bond acceptors (Lipinski definition) is 19. The highest BCUT2D eigenvalue weighted by molar-refractivity contribution is 5.21. The molecule has 4 fully saturated rings. The fraction of sp³-hybridized carbons (Fsp3) is 0.362. The van der Waals surface area contributed by atoms with Crippen molar-refractivity contribution < 1.29 is 90.7 Å². The normalized spacial score (nSPS) is 26.5. The average molecular weight is 1540 g/mol. The first-order valence-corrected chi connectivity index (χ1v) is 39.2. The summed E-state index contributed by atoms with van der Waals surface area (Å²) in [5.74, 6) is 0. The summed E-state index contributed by atoms with van der Waals surface area (Å²) < 4.78 is 121. The second kappa shape index (κ2) is 43.2.